The van der Waals surface area contributed by atoms with Gasteiger partial charge in [-0.25, -0.2) is 0 Å². The fraction of sp³-hybridized carbons (Fsp3) is 0.133. The lowest BCUT2D eigenvalue weighted by atomic mass is 10.1. The van der Waals surface area contributed by atoms with E-state index in [0.29, 0.717) is 27.8 Å². The molecule has 0 aliphatic carbocycles. The van der Waals surface area contributed by atoms with Crippen molar-refractivity contribution >= 4 is 17.4 Å². The Bertz CT molecular complexity index is 594. The van der Waals surface area contributed by atoms with Crippen LogP contribution in [0.25, 0.3) is 0 Å². The van der Waals surface area contributed by atoms with E-state index < -0.39 is 0 Å². The fourth-order valence-corrected chi connectivity index (χ4v) is 1.88. The van der Waals surface area contributed by atoms with Crippen LogP contribution in [0.2, 0.25) is 5.02 Å². The molecule has 0 unspecified atom stereocenters. The molecule has 0 aromatic heterocycles. The summed E-state index contributed by atoms with van der Waals surface area (Å²) in [7, 11) is 1.51. The second kappa shape index (κ2) is 5.76. The predicted octanol–water partition coefficient (Wildman–Crippen LogP) is 4.34. The summed E-state index contributed by atoms with van der Waals surface area (Å²) in [4.78, 5) is 11.4. The molecule has 2 aromatic carbocycles. The third-order valence-corrected chi connectivity index (χ3v) is 2.88. The number of carbonyl (C=O) groups excluding carboxylic acids is 1. The number of methoxy groups -OCH3 is 1. The van der Waals surface area contributed by atoms with Crippen LogP contribution in [-0.2, 0) is 0 Å². The van der Waals surface area contributed by atoms with Gasteiger partial charge >= 0.3 is 0 Å². The van der Waals surface area contributed by atoms with E-state index in [1.165, 1.54) is 14.0 Å². The molecule has 0 N–H and O–H groups in total. The molecule has 3 nitrogen and oxygen atoms in total. The van der Waals surface area contributed by atoms with E-state index in [2.05, 4.69) is 0 Å². The molecule has 19 heavy (non-hydrogen) atoms. The van der Waals surface area contributed by atoms with Crippen molar-refractivity contribution in [2.24, 2.45) is 0 Å². The minimum Gasteiger partial charge on any atom is -0.493 e. The number of para-hydroxylation sites is 1. The minimum absolute atomic E-state index is 0.0774. The number of hydrogen-bond donors (Lipinski definition) is 0. The Morgan fingerprint density at radius 3 is 2.42 bits per heavy atom. The number of benzene rings is 2. The number of ketones is 1. The third-order valence-electron chi connectivity index (χ3n) is 2.60. The highest BCUT2D eigenvalue weighted by atomic mass is 35.5. The lowest BCUT2D eigenvalue weighted by Crippen LogP contribution is -1.97. The van der Waals surface area contributed by atoms with Gasteiger partial charge in [-0.1, -0.05) is 29.8 Å². The number of ether oxygens (including phenoxy) is 2. The third kappa shape index (κ3) is 3.06. The molecule has 0 saturated carbocycles. The van der Waals surface area contributed by atoms with Crippen molar-refractivity contribution in [1.82, 2.24) is 0 Å². The van der Waals surface area contributed by atoms with Crippen LogP contribution in [0, 0.1) is 0 Å². The average molecular weight is 277 g/mol. The van der Waals surface area contributed by atoms with Crippen LogP contribution < -0.4 is 9.47 Å². The maximum absolute atomic E-state index is 11.4. The summed E-state index contributed by atoms with van der Waals surface area (Å²) in [5.74, 6) is 1.41. The van der Waals surface area contributed by atoms with E-state index in [0.717, 1.165) is 0 Å². The molecule has 2 aromatic rings. The Morgan fingerprint density at radius 1 is 1.16 bits per heavy atom. The summed E-state index contributed by atoms with van der Waals surface area (Å²) in [6.07, 6.45) is 0. The van der Waals surface area contributed by atoms with E-state index in [9.17, 15) is 4.79 Å². The van der Waals surface area contributed by atoms with Gasteiger partial charge in [0.25, 0.3) is 0 Å². The lowest BCUT2D eigenvalue weighted by molar-refractivity contribution is 0.101. The molecule has 0 spiro atoms. The molecule has 0 fully saturated rings. The van der Waals surface area contributed by atoms with Crippen molar-refractivity contribution in [3.63, 3.8) is 0 Å². The monoisotopic (exact) mass is 276 g/mol. The zero-order chi connectivity index (χ0) is 13.8. The van der Waals surface area contributed by atoms with Crippen LogP contribution in [0.1, 0.15) is 17.3 Å². The van der Waals surface area contributed by atoms with Crippen molar-refractivity contribution < 1.29 is 14.3 Å². The first-order valence-corrected chi connectivity index (χ1v) is 6.11. The molecule has 0 amide bonds. The van der Waals surface area contributed by atoms with Crippen LogP contribution >= 0.6 is 11.6 Å². The van der Waals surface area contributed by atoms with Gasteiger partial charge in [-0.2, -0.15) is 0 Å². The van der Waals surface area contributed by atoms with E-state index >= 15 is 0 Å². The maximum atomic E-state index is 11.4. The molecule has 0 atom stereocenters. The van der Waals surface area contributed by atoms with Crippen molar-refractivity contribution in [2.75, 3.05) is 7.11 Å². The largest absolute Gasteiger partial charge is 0.493 e. The zero-order valence-electron chi connectivity index (χ0n) is 10.6. The maximum Gasteiger partial charge on any atom is 0.187 e. The van der Waals surface area contributed by atoms with E-state index in [1.54, 1.807) is 12.1 Å². The highest BCUT2D eigenvalue weighted by molar-refractivity contribution is 6.32. The van der Waals surface area contributed by atoms with E-state index in [1.807, 2.05) is 30.3 Å². The van der Waals surface area contributed by atoms with Crippen molar-refractivity contribution in [2.45, 2.75) is 6.92 Å². The minimum atomic E-state index is -0.0774. The molecule has 0 heterocycles. The first-order valence-electron chi connectivity index (χ1n) is 5.73. The second-order valence-corrected chi connectivity index (χ2v) is 4.37. The van der Waals surface area contributed by atoms with E-state index in [-0.39, 0.29) is 5.78 Å². The van der Waals surface area contributed by atoms with Crippen molar-refractivity contribution in [1.29, 1.82) is 0 Å². The van der Waals surface area contributed by atoms with Gasteiger partial charge in [0.05, 0.1) is 12.1 Å². The Kier molecular flexibility index (Phi) is 4.07. The van der Waals surface area contributed by atoms with Gasteiger partial charge in [-0.05, 0) is 31.2 Å². The molecule has 98 valence electrons. The lowest BCUT2D eigenvalue weighted by Gasteiger charge is -2.13. The highest BCUT2D eigenvalue weighted by Gasteiger charge is 2.14. The number of halogens is 1. The van der Waals surface area contributed by atoms with Gasteiger partial charge in [-0.3, -0.25) is 4.79 Å². The summed E-state index contributed by atoms with van der Waals surface area (Å²) in [6.45, 7) is 1.48. The summed E-state index contributed by atoms with van der Waals surface area (Å²) < 4.78 is 10.9. The molecule has 0 saturated heterocycles. The Hall–Kier alpha value is -2.00. The van der Waals surface area contributed by atoms with Gasteiger partial charge in [-0.15, -0.1) is 0 Å². The molecule has 0 aliphatic rings. The van der Waals surface area contributed by atoms with Gasteiger partial charge in [0, 0.05) is 5.56 Å². The van der Waals surface area contributed by atoms with Crippen LogP contribution in [-0.4, -0.2) is 12.9 Å². The SMILES string of the molecule is COc1cc(C(C)=O)cc(Cl)c1Oc1ccccc1. The number of Topliss-reactive ketones (excluding diaryl/α,β-unsaturated/α-hetero) is 1. The molecule has 4 heteroatoms. The second-order valence-electron chi connectivity index (χ2n) is 3.96. The summed E-state index contributed by atoms with van der Waals surface area (Å²) in [5, 5.41) is 0.341. The zero-order valence-corrected chi connectivity index (χ0v) is 11.4. The quantitative estimate of drug-likeness (QED) is 0.779. The molecular formula is C15H13ClO3. The topological polar surface area (TPSA) is 35.5 Å². The van der Waals surface area contributed by atoms with Crippen LogP contribution in [0.3, 0.4) is 0 Å². The smallest absolute Gasteiger partial charge is 0.187 e. The predicted molar refractivity (Wildman–Crippen MR) is 74.5 cm³/mol. The van der Waals surface area contributed by atoms with Crippen molar-refractivity contribution in [3.05, 3.63) is 53.1 Å². The van der Waals surface area contributed by atoms with Gasteiger partial charge in [0.15, 0.2) is 17.3 Å². The van der Waals surface area contributed by atoms with Crippen LogP contribution in [0.5, 0.6) is 17.2 Å². The van der Waals surface area contributed by atoms with Gasteiger partial charge in [0.1, 0.15) is 5.75 Å². The van der Waals surface area contributed by atoms with Crippen LogP contribution in [0.4, 0.5) is 0 Å². The molecular weight excluding hydrogens is 264 g/mol. The summed E-state index contributed by atoms with van der Waals surface area (Å²) in [6, 6.07) is 12.4. The number of hydrogen-bond acceptors (Lipinski definition) is 3. The van der Waals surface area contributed by atoms with Gasteiger partial charge in [0.2, 0.25) is 0 Å². The fourth-order valence-electron chi connectivity index (χ4n) is 1.63. The first kappa shape index (κ1) is 13.4. The molecule has 2 rings (SSSR count). The molecule has 0 bridgehead atoms. The Balaban J connectivity index is 2.42. The van der Waals surface area contributed by atoms with E-state index in [4.69, 9.17) is 21.1 Å². The Morgan fingerprint density at radius 2 is 1.84 bits per heavy atom. The first-order chi connectivity index (χ1) is 9.11. The standard InChI is InChI=1S/C15H13ClO3/c1-10(17)11-8-13(16)15(14(9-11)18-2)19-12-6-4-3-5-7-12/h3-9H,1-2H3. The summed E-state index contributed by atoms with van der Waals surface area (Å²) >= 11 is 6.15. The molecule has 0 aliphatic heterocycles. The normalized spacial score (nSPS) is 10.1. The molecule has 0 radical (unpaired) electrons. The number of rotatable bonds is 4. The summed E-state index contributed by atoms with van der Waals surface area (Å²) in [5.41, 5.74) is 0.488. The highest BCUT2D eigenvalue weighted by Crippen LogP contribution is 2.39. The van der Waals surface area contributed by atoms with Gasteiger partial charge < -0.3 is 9.47 Å². The Labute approximate surface area is 116 Å². The van der Waals surface area contributed by atoms with Crippen LogP contribution in [0.15, 0.2) is 42.5 Å². The van der Waals surface area contributed by atoms with Crippen molar-refractivity contribution in [3.8, 4) is 17.2 Å². The average Bonchev–Trinajstić information content (AvgIpc) is 2.41. The number of carbonyl (C=O) groups is 1.